The van der Waals surface area contributed by atoms with E-state index >= 15 is 0 Å². The van der Waals surface area contributed by atoms with Crippen molar-refractivity contribution in [2.24, 2.45) is 0 Å². The Morgan fingerprint density at radius 2 is 1.64 bits per heavy atom. The molecule has 0 amide bonds. The summed E-state index contributed by atoms with van der Waals surface area (Å²) < 4.78 is 23.8. The molecule has 0 aliphatic heterocycles. The maximum atomic E-state index is 11.9. The summed E-state index contributed by atoms with van der Waals surface area (Å²) in [5, 5.41) is 14.6. The van der Waals surface area contributed by atoms with E-state index in [-0.39, 0.29) is 4.90 Å². The maximum absolute atomic E-state index is 11.9. The van der Waals surface area contributed by atoms with Crippen molar-refractivity contribution in [3.05, 3.63) is 101 Å². The molecule has 4 nitrogen and oxygen atoms in total. The van der Waals surface area contributed by atoms with E-state index < -0.39 is 15.4 Å². The van der Waals surface area contributed by atoms with Gasteiger partial charge in [0, 0.05) is 22.5 Å². The van der Waals surface area contributed by atoms with Gasteiger partial charge in [0.25, 0.3) is 0 Å². The summed E-state index contributed by atoms with van der Waals surface area (Å²) in [7, 11) is -3.32. The molecule has 3 aromatic carbocycles. The molecular weight excluding hydrogens is 477 g/mol. The summed E-state index contributed by atoms with van der Waals surface area (Å²) >= 11 is 13.0. The SMILES string of the molecule is C=C(/C=C(\Nc1ccc(-c2cccc(S(C)(=O)=O)c2)cc1Cl)c1ccccc1Cl)C(C)(C)O. The van der Waals surface area contributed by atoms with E-state index in [1.165, 1.54) is 6.26 Å². The molecule has 3 rings (SSSR count). The lowest BCUT2D eigenvalue weighted by Gasteiger charge is -2.21. The molecule has 2 N–H and O–H groups in total. The summed E-state index contributed by atoms with van der Waals surface area (Å²) in [5.74, 6) is 0. The number of nitrogens with one attached hydrogen (secondary N) is 1. The van der Waals surface area contributed by atoms with E-state index in [1.54, 1.807) is 50.3 Å². The lowest BCUT2D eigenvalue weighted by Crippen LogP contribution is -2.20. The van der Waals surface area contributed by atoms with Crippen molar-refractivity contribution >= 4 is 44.4 Å². The highest BCUT2D eigenvalue weighted by atomic mass is 35.5. The average molecular weight is 502 g/mol. The zero-order valence-corrected chi connectivity index (χ0v) is 20.9. The number of hydrogen-bond donors (Lipinski definition) is 2. The van der Waals surface area contributed by atoms with E-state index in [2.05, 4.69) is 11.9 Å². The average Bonchev–Trinajstić information content (AvgIpc) is 2.73. The summed E-state index contributed by atoms with van der Waals surface area (Å²) in [4.78, 5) is 0.243. The van der Waals surface area contributed by atoms with E-state index in [9.17, 15) is 13.5 Å². The molecule has 0 bridgehead atoms. The van der Waals surface area contributed by atoms with Crippen LogP contribution in [0.3, 0.4) is 0 Å². The number of halogens is 2. The van der Waals surface area contributed by atoms with Crippen LogP contribution in [0.25, 0.3) is 16.8 Å². The van der Waals surface area contributed by atoms with Crippen molar-refractivity contribution in [2.45, 2.75) is 24.3 Å². The molecule has 0 aliphatic rings. The molecule has 3 aromatic rings. The minimum Gasteiger partial charge on any atom is -0.386 e. The number of anilines is 1. The molecule has 7 heteroatoms. The second kappa shape index (κ2) is 9.74. The largest absolute Gasteiger partial charge is 0.386 e. The number of rotatable bonds is 7. The molecule has 0 saturated heterocycles. The van der Waals surface area contributed by atoms with Gasteiger partial charge in [0.05, 0.1) is 21.2 Å². The highest BCUT2D eigenvalue weighted by molar-refractivity contribution is 7.90. The highest BCUT2D eigenvalue weighted by Gasteiger charge is 2.18. The topological polar surface area (TPSA) is 66.4 Å². The van der Waals surface area contributed by atoms with E-state index in [1.807, 2.05) is 36.4 Å². The maximum Gasteiger partial charge on any atom is 0.175 e. The van der Waals surface area contributed by atoms with Gasteiger partial charge in [-0.3, -0.25) is 0 Å². The molecule has 0 radical (unpaired) electrons. The first-order chi connectivity index (χ1) is 15.4. The Morgan fingerprint density at radius 1 is 0.970 bits per heavy atom. The first-order valence-electron chi connectivity index (χ1n) is 10.1. The lowest BCUT2D eigenvalue weighted by atomic mass is 9.97. The number of sulfone groups is 1. The van der Waals surface area contributed by atoms with Crippen LogP contribution < -0.4 is 5.32 Å². The van der Waals surface area contributed by atoms with Gasteiger partial charge in [-0.25, -0.2) is 8.42 Å². The van der Waals surface area contributed by atoms with Crippen LogP contribution in [0.1, 0.15) is 19.4 Å². The van der Waals surface area contributed by atoms with Gasteiger partial charge in [0.1, 0.15) is 0 Å². The monoisotopic (exact) mass is 501 g/mol. The third-order valence-corrected chi connectivity index (χ3v) is 6.85. The van der Waals surface area contributed by atoms with Crippen LogP contribution in [0.4, 0.5) is 5.69 Å². The minimum absolute atomic E-state index is 0.243. The highest BCUT2D eigenvalue weighted by Crippen LogP contribution is 2.34. The predicted octanol–water partition coefficient (Wildman–Crippen LogP) is 6.84. The van der Waals surface area contributed by atoms with Crippen LogP contribution in [0, 0.1) is 0 Å². The summed E-state index contributed by atoms with van der Waals surface area (Å²) in [6.45, 7) is 7.29. The van der Waals surface area contributed by atoms with Crippen molar-refractivity contribution in [3.8, 4) is 11.1 Å². The van der Waals surface area contributed by atoms with Crippen molar-refractivity contribution in [1.82, 2.24) is 0 Å². The Balaban J connectivity index is 2.01. The second-order valence-corrected chi connectivity index (χ2v) is 11.1. The van der Waals surface area contributed by atoms with Gasteiger partial charge in [-0.2, -0.15) is 0 Å². The molecule has 0 atom stereocenters. The number of aliphatic hydroxyl groups is 1. The first kappa shape index (κ1) is 25.1. The molecule has 0 unspecified atom stereocenters. The third-order valence-electron chi connectivity index (χ3n) is 5.10. The molecule has 33 heavy (non-hydrogen) atoms. The summed E-state index contributed by atoms with van der Waals surface area (Å²) in [6, 6.07) is 19.5. The summed E-state index contributed by atoms with van der Waals surface area (Å²) in [5.41, 5.74) is 2.87. The van der Waals surface area contributed by atoms with Gasteiger partial charge in [0.2, 0.25) is 0 Å². The molecule has 0 heterocycles. The normalized spacial score (nSPS) is 12.5. The van der Waals surface area contributed by atoms with Gasteiger partial charge in [-0.15, -0.1) is 0 Å². The molecule has 0 aliphatic carbocycles. The van der Waals surface area contributed by atoms with E-state index in [0.29, 0.717) is 27.0 Å². The molecule has 0 saturated carbocycles. The van der Waals surface area contributed by atoms with E-state index in [0.717, 1.165) is 16.7 Å². The fourth-order valence-corrected chi connectivity index (χ4v) is 4.19. The van der Waals surface area contributed by atoms with Gasteiger partial charge in [-0.1, -0.05) is 66.2 Å². The van der Waals surface area contributed by atoms with Crippen LogP contribution >= 0.6 is 23.2 Å². The Hall–Kier alpha value is -2.57. The zero-order chi connectivity index (χ0) is 24.4. The standard InChI is InChI=1S/C26H25Cl2NO3S/c1-17(26(2,3)30)14-25(21-10-5-6-11-22(21)27)29-24-13-12-19(16-23(24)28)18-8-7-9-20(15-18)33(4,31)32/h5-16,29-30H,1H2,2-4H3/b25-14-. The van der Waals surface area contributed by atoms with Gasteiger partial charge in [0.15, 0.2) is 9.84 Å². The molecule has 0 spiro atoms. The molecule has 0 fully saturated rings. The van der Waals surface area contributed by atoms with Crippen molar-refractivity contribution in [1.29, 1.82) is 0 Å². The second-order valence-electron chi connectivity index (χ2n) is 8.24. The van der Waals surface area contributed by atoms with Crippen LogP contribution in [0.2, 0.25) is 10.0 Å². The Morgan fingerprint density at radius 3 is 2.24 bits per heavy atom. The number of hydrogen-bond acceptors (Lipinski definition) is 4. The van der Waals surface area contributed by atoms with Crippen LogP contribution in [0.5, 0.6) is 0 Å². The summed E-state index contributed by atoms with van der Waals surface area (Å²) in [6.07, 6.45) is 2.91. The number of benzene rings is 3. The molecule has 0 aromatic heterocycles. The first-order valence-corrected chi connectivity index (χ1v) is 12.8. The van der Waals surface area contributed by atoms with Crippen LogP contribution in [-0.4, -0.2) is 25.4 Å². The van der Waals surface area contributed by atoms with E-state index in [4.69, 9.17) is 23.2 Å². The fourth-order valence-electron chi connectivity index (χ4n) is 3.06. The van der Waals surface area contributed by atoms with Crippen LogP contribution in [-0.2, 0) is 9.84 Å². The zero-order valence-electron chi connectivity index (χ0n) is 18.6. The van der Waals surface area contributed by atoms with Crippen LogP contribution in [0.15, 0.2) is 89.9 Å². The minimum atomic E-state index is -3.32. The third kappa shape index (κ3) is 6.27. The predicted molar refractivity (Wildman–Crippen MR) is 138 cm³/mol. The Bertz CT molecular complexity index is 1340. The Labute approximate surface area is 205 Å². The lowest BCUT2D eigenvalue weighted by molar-refractivity contribution is 0.124. The van der Waals surface area contributed by atoms with Gasteiger partial charge >= 0.3 is 0 Å². The quantitative estimate of drug-likeness (QED) is 0.347. The Kier molecular flexibility index (Phi) is 7.39. The van der Waals surface area contributed by atoms with Crippen molar-refractivity contribution < 1.29 is 13.5 Å². The fraction of sp³-hybridized carbons (Fsp3) is 0.154. The molecular formula is C26H25Cl2NO3S. The van der Waals surface area contributed by atoms with Crippen molar-refractivity contribution in [3.63, 3.8) is 0 Å². The smallest absolute Gasteiger partial charge is 0.175 e. The van der Waals surface area contributed by atoms with Crippen molar-refractivity contribution in [2.75, 3.05) is 11.6 Å². The van der Waals surface area contributed by atoms with Gasteiger partial charge < -0.3 is 10.4 Å². The van der Waals surface area contributed by atoms with Gasteiger partial charge in [-0.05, 0) is 67.0 Å². The molecule has 172 valence electrons.